The highest BCUT2D eigenvalue weighted by Crippen LogP contribution is 2.31. The molecule has 1 aliphatic rings. The minimum Gasteiger partial charge on any atom is -0.359 e. The summed E-state index contributed by atoms with van der Waals surface area (Å²) in [7, 11) is -3.41. The van der Waals surface area contributed by atoms with Crippen molar-refractivity contribution in [2.75, 3.05) is 36.9 Å². The summed E-state index contributed by atoms with van der Waals surface area (Å²) in [6.07, 6.45) is 3.61. The van der Waals surface area contributed by atoms with Gasteiger partial charge in [0.25, 0.3) is 9.84 Å². The Hall–Kier alpha value is -2.40. The second kappa shape index (κ2) is 8.54. The summed E-state index contributed by atoms with van der Waals surface area (Å²) in [5, 5.41) is 6.29. The number of aromatic nitrogens is 2. The summed E-state index contributed by atoms with van der Waals surface area (Å²) in [4.78, 5) is 9.63. The third-order valence-corrected chi connectivity index (χ3v) is 6.28. The van der Waals surface area contributed by atoms with Crippen LogP contribution in [0.5, 0.6) is 0 Å². The zero-order chi connectivity index (χ0) is 21.1. The Morgan fingerprint density at radius 2 is 1.83 bits per heavy atom. The van der Waals surface area contributed by atoms with Gasteiger partial charge in [0, 0.05) is 25.3 Å². The Morgan fingerprint density at radius 1 is 1.17 bits per heavy atom. The molecule has 1 aromatic heterocycles. The predicted molar refractivity (Wildman–Crippen MR) is 104 cm³/mol. The van der Waals surface area contributed by atoms with Crippen LogP contribution < -0.4 is 15.5 Å². The van der Waals surface area contributed by atoms with Crippen LogP contribution in [-0.4, -0.2) is 50.6 Å². The molecule has 29 heavy (non-hydrogen) atoms. The summed E-state index contributed by atoms with van der Waals surface area (Å²) < 4.78 is 60.7. The first-order valence-electron chi connectivity index (χ1n) is 9.09. The van der Waals surface area contributed by atoms with Crippen LogP contribution in [-0.2, 0) is 9.84 Å². The van der Waals surface area contributed by atoms with E-state index >= 15 is 0 Å². The average Bonchev–Trinajstić information content (AvgIpc) is 2.68. The van der Waals surface area contributed by atoms with Crippen molar-refractivity contribution in [2.24, 2.45) is 5.92 Å². The monoisotopic (exact) mass is 429 g/mol. The molecule has 0 unspecified atom stereocenters. The van der Waals surface area contributed by atoms with Crippen molar-refractivity contribution >= 4 is 27.2 Å². The third kappa shape index (κ3) is 5.15. The van der Waals surface area contributed by atoms with Crippen molar-refractivity contribution in [3.05, 3.63) is 36.7 Å². The van der Waals surface area contributed by atoms with Gasteiger partial charge >= 0.3 is 5.51 Å². The van der Waals surface area contributed by atoms with Gasteiger partial charge in [0.05, 0.1) is 4.90 Å². The summed E-state index contributed by atoms with van der Waals surface area (Å²) in [6.45, 7) is 2.88. The molecule has 1 aromatic carbocycles. The number of nitrogens with zero attached hydrogens (tertiary/aromatic N) is 3. The van der Waals surface area contributed by atoms with Crippen LogP contribution >= 0.6 is 0 Å². The van der Waals surface area contributed by atoms with Crippen LogP contribution in [0, 0.1) is 5.92 Å². The summed E-state index contributed by atoms with van der Waals surface area (Å²) in [6, 6.07) is 6.09. The minimum absolute atomic E-state index is 0.414. The molecule has 7 nitrogen and oxygen atoms in total. The number of benzene rings is 1. The van der Waals surface area contributed by atoms with E-state index in [9.17, 15) is 21.6 Å². The van der Waals surface area contributed by atoms with Gasteiger partial charge in [-0.1, -0.05) is 0 Å². The maximum Gasteiger partial charge on any atom is 0.501 e. The van der Waals surface area contributed by atoms with Gasteiger partial charge in [0.2, 0.25) is 0 Å². The first-order chi connectivity index (χ1) is 13.7. The predicted octanol–water partition coefficient (Wildman–Crippen LogP) is 2.95. The fraction of sp³-hybridized carbons (Fsp3) is 0.444. The van der Waals surface area contributed by atoms with Crippen LogP contribution in [0.15, 0.2) is 41.6 Å². The van der Waals surface area contributed by atoms with Crippen LogP contribution in [0.4, 0.5) is 30.5 Å². The first-order valence-corrected chi connectivity index (χ1v) is 10.6. The number of anilines is 3. The molecule has 0 atom stereocenters. The SMILES string of the molecule is CN(CC1CCNCC1)c1cc(Nc2ccc(S(=O)(=O)C(F)(F)F)cc2)ncn1. The largest absolute Gasteiger partial charge is 0.501 e. The van der Waals surface area contributed by atoms with Gasteiger partial charge in [-0.05, 0) is 56.1 Å². The number of hydrogen-bond acceptors (Lipinski definition) is 7. The molecule has 2 aromatic rings. The number of hydrogen-bond donors (Lipinski definition) is 2. The number of halogens is 3. The van der Waals surface area contributed by atoms with Crippen molar-refractivity contribution in [1.82, 2.24) is 15.3 Å². The van der Waals surface area contributed by atoms with Gasteiger partial charge < -0.3 is 15.5 Å². The number of piperidine rings is 1. The fourth-order valence-corrected chi connectivity index (χ4v) is 3.93. The molecular weight excluding hydrogens is 407 g/mol. The molecule has 0 aliphatic carbocycles. The molecule has 0 radical (unpaired) electrons. The van der Waals surface area contributed by atoms with E-state index in [1.54, 1.807) is 6.07 Å². The van der Waals surface area contributed by atoms with Crippen LogP contribution in [0.1, 0.15) is 12.8 Å². The molecule has 2 N–H and O–H groups in total. The molecule has 1 fully saturated rings. The Bertz CT molecular complexity index is 929. The summed E-state index contributed by atoms with van der Waals surface area (Å²) >= 11 is 0. The molecule has 0 bridgehead atoms. The van der Waals surface area contributed by atoms with Gasteiger partial charge in [-0.25, -0.2) is 18.4 Å². The van der Waals surface area contributed by atoms with E-state index in [0.717, 1.165) is 50.4 Å². The summed E-state index contributed by atoms with van der Waals surface area (Å²) in [5.41, 5.74) is -4.92. The smallest absolute Gasteiger partial charge is 0.359 e. The van der Waals surface area contributed by atoms with E-state index < -0.39 is 20.2 Å². The average molecular weight is 429 g/mol. The molecule has 1 saturated heterocycles. The quantitative estimate of drug-likeness (QED) is 0.730. The first kappa shape index (κ1) is 21.3. The van der Waals surface area contributed by atoms with Crippen molar-refractivity contribution in [1.29, 1.82) is 0 Å². The standard InChI is InChI=1S/C18H22F3N5O2S/c1-26(11-13-6-8-22-9-7-13)17-10-16(23-12-24-17)25-14-2-4-15(5-3-14)29(27,28)18(19,20)21/h2-5,10,12-13,22H,6-9,11H2,1H3,(H,23,24,25). The molecule has 0 spiro atoms. The second-order valence-corrected chi connectivity index (χ2v) is 8.88. The highest BCUT2D eigenvalue weighted by Gasteiger charge is 2.46. The molecule has 2 heterocycles. The number of rotatable bonds is 6. The van der Waals surface area contributed by atoms with Gasteiger partial charge in [0.1, 0.15) is 18.0 Å². The number of alkyl halides is 3. The van der Waals surface area contributed by atoms with Gasteiger partial charge in [-0.3, -0.25) is 0 Å². The Labute approximate surface area is 167 Å². The zero-order valence-corrected chi connectivity index (χ0v) is 16.6. The molecule has 11 heteroatoms. The topological polar surface area (TPSA) is 87.2 Å². The van der Waals surface area contributed by atoms with E-state index in [-0.39, 0.29) is 0 Å². The fourth-order valence-electron chi connectivity index (χ4n) is 3.17. The Kier molecular flexibility index (Phi) is 6.27. The summed E-state index contributed by atoms with van der Waals surface area (Å²) in [5.74, 6) is 1.76. The van der Waals surface area contributed by atoms with Crippen molar-refractivity contribution in [2.45, 2.75) is 23.2 Å². The lowest BCUT2D eigenvalue weighted by atomic mass is 9.98. The van der Waals surface area contributed by atoms with E-state index in [1.165, 1.54) is 18.5 Å². The zero-order valence-electron chi connectivity index (χ0n) is 15.8. The normalized spacial score (nSPS) is 15.9. The van der Waals surface area contributed by atoms with Crippen LogP contribution in [0.3, 0.4) is 0 Å². The van der Waals surface area contributed by atoms with Crippen molar-refractivity contribution < 1.29 is 21.6 Å². The highest BCUT2D eigenvalue weighted by molar-refractivity contribution is 7.92. The van der Waals surface area contributed by atoms with E-state index in [0.29, 0.717) is 17.4 Å². The molecule has 1 aliphatic heterocycles. The molecule has 0 saturated carbocycles. The van der Waals surface area contributed by atoms with E-state index in [2.05, 4.69) is 20.6 Å². The lowest BCUT2D eigenvalue weighted by Gasteiger charge is -2.28. The van der Waals surface area contributed by atoms with Crippen molar-refractivity contribution in [3.63, 3.8) is 0 Å². The molecular formula is C18H22F3N5O2S. The molecule has 158 valence electrons. The van der Waals surface area contributed by atoms with Gasteiger partial charge in [-0.15, -0.1) is 0 Å². The number of nitrogens with one attached hydrogen (secondary N) is 2. The lowest BCUT2D eigenvalue weighted by molar-refractivity contribution is -0.0436. The highest BCUT2D eigenvalue weighted by atomic mass is 32.2. The molecule has 0 amide bonds. The Balaban J connectivity index is 1.68. The van der Waals surface area contributed by atoms with Crippen LogP contribution in [0.25, 0.3) is 0 Å². The lowest BCUT2D eigenvalue weighted by Crippen LogP contribution is -2.34. The van der Waals surface area contributed by atoms with Gasteiger partial charge in [-0.2, -0.15) is 13.2 Å². The van der Waals surface area contributed by atoms with E-state index in [4.69, 9.17) is 0 Å². The maximum atomic E-state index is 12.6. The number of sulfone groups is 1. The Morgan fingerprint density at radius 3 is 2.45 bits per heavy atom. The minimum atomic E-state index is -5.36. The van der Waals surface area contributed by atoms with Crippen molar-refractivity contribution in [3.8, 4) is 0 Å². The van der Waals surface area contributed by atoms with E-state index in [1.807, 2.05) is 11.9 Å². The van der Waals surface area contributed by atoms with Gasteiger partial charge in [0.15, 0.2) is 0 Å². The molecule has 3 rings (SSSR count). The third-order valence-electron chi connectivity index (χ3n) is 4.78. The van der Waals surface area contributed by atoms with Crippen LogP contribution in [0.2, 0.25) is 0 Å². The second-order valence-electron chi connectivity index (χ2n) is 6.93. The maximum absolute atomic E-state index is 12.6.